The molecule has 0 saturated heterocycles. The number of hydrogen-bond acceptors (Lipinski definition) is 8. The molecule has 2 amide bonds. The van der Waals surface area contributed by atoms with Crippen molar-refractivity contribution in [3.8, 4) is 5.75 Å². The van der Waals surface area contributed by atoms with Gasteiger partial charge in [-0.05, 0) is 118 Å². The van der Waals surface area contributed by atoms with E-state index in [-0.39, 0.29) is 17.3 Å². The molecule has 50 heavy (non-hydrogen) atoms. The lowest BCUT2D eigenvalue weighted by atomic mass is 9.95. The minimum atomic E-state index is -4.21. The molecule has 1 aliphatic rings. The van der Waals surface area contributed by atoms with Gasteiger partial charge in [-0.25, -0.2) is 8.42 Å². The number of pyridine rings is 1. The number of esters is 1. The number of benzene rings is 2. The second-order valence-corrected chi connectivity index (χ2v) is 14.4. The summed E-state index contributed by atoms with van der Waals surface area (Å²) in [6.45, 7) is 5.97. The van der Waals surface area contributed by atoms with E-state index in [0.717, 1.165) is 56.9 Å². The van der Waals surface area contributed by atoms with E-state index in [9.17, 15) is 22.8 Å². The first-order valence-corrected chi connectivity index (χ1v) is 18.9. The average Bonchev–Trinajstić information content (AvgIpc) is 3.10. The van der Waals surface area contributed by atoms with Crippen LogP contribution in [0.3, 0.4) is 0 Å². The molecular formula is C38H50N4O7S. The summed E-state index contributed by atoms with van der Waals surface area (Å²) in [7, 11) is -3.05. The van der Waals surface area contributed by atoms with E-state index in [1.807, 2.05) is 12.1 Å². The first-order chi connectivity index (χ1) is 24.0. The highest BCUT2D eigenvalue weighted by Gasteiger charge is 2.29. The van der Waals surface area contributed by atoms with Crippen LogP contribution in [-0.2, 0) is 50.0 Å². The normalized spacial score (nSPS) is 13.2. The van der Waals surface area contributed by atoms with Crippen LogP contribution >= 0.6 is 0 Å². The zero-order valence-corrected chi connectivity index (χ0v) is 30.4. The summed E-state index contributed by atoms with van der Waals surface area (Å²) in [4.78, 5) is 42.4. The van der Waals surface area contributed by atoms with Crippen molar-refractivity contribution in [2.75, 3.05) is 26.8 Å². The molecule has 0 unspecified atom stereocenters. The fourth-order valence-electron chi connectivity index (χ4n) is 6.05. The number of aromatic nitrogens is 1. The van der Waals surface area contributed by atoms with E-state index in [4.69, 9.17) is 14.5 Å². The number of ether oxygens (including phenoxy) is 2. The predicted molar refractivity (Wildman–Crippen MR) is 192 cm³/mol. The van der Waals surface area contributed by atoms with Gasteiger partial charge in [0.15, 0.2) is 0 Å². The molecule has 1 aliphatic carbocycles. The number of aryl methyl sites for hydroxylation is 6. The Morgan fingerprint density at radius 3 is 2.34 bits per heavy atom. The number of methoxy groups -OCH3 is 1. The molecule has 4 rings (SSSR count). The molecule has 0 spiro atoms. The van der Waals surface area contributed by atoms with Crippen LogP contribution in [0.15, 0.2) is 53.4 Å². The number of nitrogens with zero attached hydrogens (tertiary/aromatic N) is 1. The number of carbonyl (C=O) groups excluding carboxylic acids is 3. The minimum Gasteiger partial charge on any atom is -0.494 e. The summed E-state index contributed by atoms with van der Waals surface area (Å²) >= 11 is 0. The highest BCUT2D eigenvalue weighted by atomic mass is 32.2. The fraction of sp³-hybridized carbons (Fsp3) is 0.474. The Morgan fingerprint density at radius 2 is 1.64 bits per heavy atom. The molecule has 0 radical (unpaired) electrons. The zero-order valence-electron chi connectivity index (χ0n) is 29.6. The number of rotatable bonds is 18. The van der Waals surface area contributed by atoms with Crippen molar-refractivity contribution in [1.29, 1.82) is 0 Å². The van der Waals surface area contributed by atoms with Crippen LogP contribution in [0.25, 0.3) is 0 Å². The summed E-state index contributed by atoms with van der Waals surface area (Å²) in [6, 6.07) is 13.3. The van der Waals surface area contributed by atoms with Crippen LogP contribution in [0, 0.1) is 13.8 Å². The molecule has 2 aromatic carbocycles. The number of hydrogen-bond donors (Lipinski definition) is 3. The van der Waals surface area contributed by atoms with Crippen LogP contribution in [0.4, 0.5) is 0 Å². The number of sulfonamides is 1. The molecule has 3 N–H and O–H groups in total. The zero-order chi connectivity index (χ0) is 36.1. The summed E-state index contributed by atoms with van der Waals surface area (Å²) in [5.41, 5.74) is 5.92. The number of carbonyl (C=O) groups is 3. The smallest absolute Gasteiger partial charge is 0.325 e. The van der Waals surface area contributed by atoms with Crippen molar-refractivity contribution in [1.82, 2.24) is 20.3 Å². The highest BCUT2D eigenvalue weighted by Crippen LogP contribution is 2.26. The predicted octanol–water partition coefficient (Wildman–Crippen LogP) is 4.69. The summed E-state index contributed by atoms with van der Waals surface area (Å²) in [5, 5.41) is 5.53. The van der Waals surface area contributed by atoms with E-state index < -0.39 is 27.9 Å². The van der Waals surface area contributed by atoms with Gasteiger partial charge in [-0.15, -0.1) is 0 Å². The maximum absolute atomic E-state index is 13.5. The molecule has 270 valence electrons. The van der Waals surface area contributed by atoms with Gasteiger partial charge >= 0.3 is 5.97 Å². The van der Waals surface area contributed by atoms with Gasteiger partial charge in [0, 0.05) is 36.5 Å². The highest BCUT2D eigenvalue weighted by molar-refractivity contribution is 7.89. The lowest BCUT2D eigenvalue weighted by Crippen LogP contribution is -2.49. The van der Waals surface area contributed by atoms with E-state index in [1.54, 1.807) is 38.1 Å². The number of nitrogens with one attached hydrogen (secondary N) is 3. The van der Waals surface area contributed by atoms with E-state index in [1.165, 1.54) is 24.1 Å². The maximum Gasteiger partial charge on any atom is 0.325 e. The van der Waals surface area contributed by atoms with Crippen molar-refractivity contribution in [3.63, 3.8) is 0 Å². The SMILES string of the molecule is CCCCNC(=O)CCCOc1cc(C)c(S(=O)(=O)N[C@@H](CNC(=O)c2ccc(CCc3ccc4c(n3)CCCC4)cc2)C(=O)OC)c(C)c1. The third-order valence-corrected chi connectivity index (χ3v) is 10.5. The molecule has 12 heteroatoms. The molecule has 0 bridgehead atoms. The molecular weight excluding hydrogens is 657 g/mol. The second-order valence-electron chi connectivity index (χ2n) is 12.8. The monoisotopic (exact) mass is 706 g/mol. The quantitative estimate of drug-likeness (QED) is 0.127. The van der Waals surface area contributed by atoms with Crippen molar-refractivity contribution in [3.05, 3.63) is 87.7 Å². The lowest BCUT2D eigenvalue weighted by Gasteiger charge is -2.20. The third kappa shape index (κ3) is 11.1. The van der Waals surface area contributed by atoms with E-state index in [0.29, 0.717) is 48.4 Å². The summed E-state index contributed by atoms with van der Waals surface area (Å²) < 4.78 is 40.1. The molecule has 1 atom stereocenters. The van der Waals surface area contributed by atoms with Crippen LogP contribution in [0.2, 0.25) is 0 Å². The second kappa shape index (κ2) is 18.6. The van der Waals surface area contributed by atoms with Gasteiger partial charge in [0.05, 0.1) is 18.6 Å². The van der Waals surface area contributed by atoms with Crippen molar-refractivity contribution < 1.29 is 32.3 Å². The van der Waals surface area contributed by atoms with Crippen LogP contribution in [0.5, 0.6) is 5.75 Å². The Balaban J connectivity index is 1.31. The topological polar surface area (TPSA) is 153 Å². The number of fused-ring (bicyclic) bond motifs is 1. The van der Waals surface area contributed by atoms with Gasteiger partial charge in [-0.2, -0.15) is 4.72 Å². The Bertz CT molecular complexity index is 1720. The molecule has 11 nitrogen and oxygen atoms in total. The number of amides is 2. The average molecular weight is 707 g/mol. The first kappa shape index (κ1) is 38.5. The van der Waals surface area contributed by atoms with Crippen molar-refractivity contribution >= 4 is 27.8 Å². The Morgan fingerprint density at radius 1 is 0.920 bits per heavy atom. The van der Waals surface area contributed by atoms with Gasteiger partial charge in [0.2, 0.25) is 15.9 Å². The number of unbranched alkanes of at least 4 members (excludes halogenated alkanes) is 1. The molecule has 1 heterocycles. The van der Waals surface area contributed by atoms with Crippen molar-refractivity contribution in [2.45, 2.75) is 95.9 Å². The Kier molecular flexibility index (Phi) is 14.4. The maximum atomic E-state index is 13.5. The summed E-state index contributed by atoms with van der Waals surface area (Å²) in [5.74, 6) is -0.841. The van der Waals surface area contributed by atoms with Gasteiger partial charge in [0.1, 0.15) is 11.8 Å². The molecule has 0 fully saturated rings. The fourth-order valence-corrected chi connectivity index (χ4v) is 7.69. The van der Waals surface area contributed by atoms with Crippen LogP contribution < -0.4 is 20.1 Å². The Hall–Kier alpha value is -4.29. The molecule has 3 aromatic rings. The van der Waals surface area contributed by atoms with Gasteiger partial charge in [-0.1, -0.05) is 31.5 Å². The first-order valence-electron chi connectivity index (χ1n) is 17.5. The molecule has 0 aliphatic heterocycles. The minimum absolute atomic E-state index is 0.00144. The standard InChI is InChI=1S/C38H50N4O7S/c1-5-6-21-39-35(43)12-9-22-49-32-23-26(2)36(27(3)24-32)50(46,47)42-34(38(45)48-4)25-40-37(44)30-16-13-28(14-17-30)15-19-31-20-18-29-10-7-8-11-33(29)41-31/h13-14,16-18,20,23-24,34,42H,5-12,15,19,21-22,25H2,1-4H3,(H,39,43)(H,40,44)/t34-/m0/s1. The molecule has 0 saturated carbocycles. The van der Waals surface area contributed by atoms with Crippen LogP contribution in [-0.4, -0.2) is 64.0 Å². The summed E-state index contributed by atoms with van der Waals surface area (Å²) in [6.07, 6.45) is 8.93. The largest absolute Gasteiger partial charge is 0.494 e. The van der Waals surface area contributed by atoms with E-state index in [2.05, 4.69) is 34.4 Å². The van der Waals surface area contributed by atoms with E-state index >= 15 is 0 Å². The Labute approximate surface area is 296 Å². The lowest BCUT2D eigenvalue weighted by molar-refractivity contribution is -0.142. The molecule has 1 aromatic heterocycles. The third-order valence-electron chi connectivity index (χ3n) is 8.74. The van der Waals surface area contributed by atoms with Gasteiger partial charge in [0.25, 0.3) is 5.91 Å². The van der Waals surface area contributed by atoms with Gasteiger partial charge < -0.3 is 20.1 Å². The van der Waals surface area contributed by atoms with Crippen molar-refractivity contribution in [2.24, 2.45) is 0 Å². The van der Waals surface area contributed by atoms with Gasteiger partial charge in [-0.3, -0.25) is 19.4 Å². The van der Waals surface area contributed by atoms with Crippen LogP contribution in [0.1, 0.15) is 89.4 Å².